The van der Waals surface area contributed by atoms with Crippen LogP contribution in [-0.4, -0.2) is 4.98 Å². The summed E-state index contributed by atoms with van der Waals surface area (Å²) < 4.78 is 9.24. The summed E-state index contributed by atoms with van der Waals surface area (Å²) in [5.41, 5.74) is 8.19. The molecule has 0 aliphatic rings. The van der Waals surface area contributed by atoms with Crippen LogP contribution in [0.25, 0.3) is 75.4 Å². The molecule has 10 aromatic rings. The second-order valence-electron chi connectivity index (χ2n) is 12.4. The Morgan fingerprint density at radius 3 is 2.04 bits per heavy atom. The maximum Gasteiger partial charge on any atom is 0.227 e. The Morgan fingerprint density at radius 2 is 1.14 bits per heavy atom. The SMILES string of the molecule is c1ccc(N(c2ccc(-c3ccc4c(c3)sc3ccccc34)cc2)c2cccc(-c3nc4ccc5ccc6ccccc6c5c4o3)c2)cc1. The molecule has 0 atom stereocenters. The van der Waals surface area contributed by atoms with Gasteiger partial charge < -0.3 is 9.32 Å². The van der Waals surface area contributed by atoms with Crippen molar-refractivity contribution in [3.63, 3.8) is 0 Å². The predicted octanol–water partition coefficient (Wildman–Crippen LogP) is 13.3. The molecule has 0 fully saturated rings. The molecule has 0 aliphatic carbocycles. The lowest BCUT2D eigenvalue weighted by Crippen LogP contribution is -2.09. The van der Waals surface area contributed by atoms with E-state index < -0.39 is 0 Å². The van der Waals surface area contributed by atoms with Gasteiger partial charge in [0.25, 0.3) is 0 Å². The number of benzene rings is 8. The maximum absolute atomic E-state index is 6.61. The van der Waals surface area contributed by atoms with Crippen molar-refractivity contribution < 1.29 is 4.42 Å². The third kappa shape index (κ3) is 4.68. The largest absolute Gasteiger partial charge is 0.435 e. The van der Waals surface area contributed by atoms with Crippen molar-refractivity contribution in [1.29, 1.82) is 0 Å². The molecule has 49 heavy (non-hydrogen) atoms. The van der Waals surface area contributed by atoms with Gasteiger partial charge in [-0.1, -0.05) is 109 Å². The highest BCUT2D eigenvalue weighted by Gasteiger charge is 2.17. The van der Waals surface area contributed by atoms with Crippen molar-refractivity contribution in [2.75, 3.05) is 4.90 Å². The number of para-hydroxylation sites is 1. The zero-order valence-corrected chi connectivity index (χ0v) is 27.2. The molecule has 0 saturated heterocycles. The molecule has 0 saturated carbocycles. The average molecular weight is 645 g/mol. The number of oxazole rings is 1. The van der Waals surface area contributed by atoms with Gasteiger partial charge in [-0.25, -0.2) is 4.98 Å². The Kier molecular flexibility index (Phi) is 6.36. The summed E-state index contributed by atoms with van der Waals surface area (Å²) in [4.78, 5) is 7.27. The summed E-state index contributed by atoms with van der Waals surface area (Å²) in [5.74, 6) is 0.609. The average Bonchev–Trinajstić information content (AvgIpc) is 3.77. The van der Waals surface area contributed by atoms with Crippen LogP contribution < -0.4 is 4.90 Å². The molecule has 3 nitrogen and oxygen atoms in total. The van der Waals surface area contributed by atoms with Gasteiger partial charge in [-0.05, 0) is 87.9 Å². The number of hydrogen-bond acceptors (Lipinski definition) is 4. The second-order valence-corrected chi connectivity index (χ2v) is 13.5. The smallest absolute Gasteiger partial charge is 0.227 e. The fourth-order valence-corrected chi connectivity index (χ4v) is 8.25. The van der Waals surface area contributed by atoms with E-state index in [1.165, 1.54) is 42.1 Å². The monoisotopic (exact) mass is 644 g/mol. The van der Waals surface area contributed by atoms with E-state index in [0.29, 0.717) is 5.89 Å². The lowest BCUT2D eigenvalue weighted by molar-refractivity contribution is 0.623. The van der Waals surface area contributed by atoms with E-state index in [2.05, 4.69) is 175 Å². The first-order valence-corrected chi connectivity index (χ1v) is 17.3. The Labute approximate surface area is 286 Å². The summed E-state index contributed by atoms with van der Waals surface area (Å²) in [5, 5.41) is 7.24. The summed E-state index contributed by atoms with van der Waals surface area (Å²) in [7, 11) is 0. The zero-order chi connectivity index (χ0) is 32.3. The van der Waals surface area contributed by atoms with E-state index >= 15 is 0 Å². The molecule has 4 heteroatoms. The minimum Gasteiger partial charge on any atom is -0.435 e. The fraction of sp³-hybridized carbons (Fsp3) is 0. The topological polar surface area (TPSA) is 29.3 Å². The number of rotatable bonds is 5. The molecular weight excluding hydrogens is 617 g/mol. The van der Waals surface area contributed by atoms with Gasteiger partial charge in [0.1, 0.15) is 5.52 Å². The van der Waals surface area contributed by atoms with Crippen molar-refractivity contribution in [2.24, 2.45) is 0 Å². The highest BCUT2D eigenvalue weighted by atomic mass is 32.1. The molecular formula is C45H28N2OS. The predicted molar refractivity (Wildman–Crippen MR) is 207 cm³/mol. The van der Waals surface area contributed by atoms with Crippen LogP contribution in [0.1, 0.15) is 0 Å². The van der Waals surface area contributed by atoms with Crippen LogP contribution in [-0.2, 0) is 0 Å². The second kappa shape index (κ2) is 11.2. The number of fused-ring (bicyclic) bond motifs is 8. The summed E-state index contributed by atoms with van der Waals surface area (Å²) in [6.07, 6.45) is 0. The molecule has 0 aliphatic heterocycles. The molecule has 8 aromatic carbocycles. The molecule has 2 heterocycles. The molecule has 0 spiro atoms. The van der Waals surface area contributed by atoms with Crippen molar-refractivity contribution in [3.05, 3.63) is 170 Å². The van der Waals surface area contributed by atoms with Crippen LogP contribution in [0.3, 0.4) is 0 Å². The standard InChI is InChI=1S/C45H28N2OS/c1-2-11-34(12-3-1)47(35-23-19-29(20-24-35)32-21-25-39-38-15-6-7-16-41(38)49-42(39)28-32)36-13-8-10-33(27-36)45-46-40-26-22-31-18-17-30-9-4-5-14-37(30)43(31)44(40)48-45/h1-28H. The van der Waals surface area contributed by atoms with Gasteiger partial charge in [-0.15, -0.1) is 11.3 Å². The number of anilines is 3. The van der Waals surface area contributed by atoms with Crippen molar-refractivity contribution in [2.45, 2.75) is 0 Å². The van der Waals surface area contributed by atoms with Crippen LogP contribution in [0.4, 0.5) is 17.1 Å². The molecule has 0 bridgehead atoms. The minimum absolute atomic E-state index is 0.609. The first-order valence-electron chi connectivity index (χ1n) is 16.5. The molecule has 230 valence electrons. The molecule has 10 rings (SSSR count). The van der Waals surface area contributed by atoms with Gasteiger partial charge in [0.05, 0.1) is 0 Å². The lowest BCUT2D eigenvalue weighted by atomic mass is 10.0. The van der Waals surface area contributed by atoms with Gasteiger partial charge in [-0.2, -0.15) is 0 Å². The number of thiophene rings is 1. The fourth-order valence-electron chi connectivity index (χ4n) is 7.11. The van der Waals surface area contributed by atoms with Gasteiger partial charge in [0.2, 0.25) is 5.89 Å². The Morgan fingerprint density at radius 1 is 0.449 bits per heavy atom. The zero-order valence-electron chi connectivity index (χ0n) is 26.4. The van der Waals surface area contributed by atoms with Crippen LogP contribution in [0.15, 0.2) is 174 Å². The van der Waals surface area contributed by atoms with Gasteiger partial charge >= 0.3 is 0 Å². The normalized spacial score (nSPS) is 11.7. The van der Waals surface area contributed by atoms with Gasteiger partial charge in [0.15, 0.2) is 5.58 Å². The first kappa shape index (κ1) is 27.8. The van der Waals surface area contributed by atoms with Gasteiger partial charge in [-0.3, -0.25) is 0 Å². The van der Waals surface area contributed by atoms with Crippen LogP contribution >= 0.6 is 11.3 Å². The Bertz CT molecular complexity index is 2830. The van der Waals surface area contributed by atoms with Crippen molar-refractivity contribution in [3.8, 4) is 22.6 Å². The molecule has 0 amide bonds. The number of aromatic nitrogens is 1. The van der Waals surface area contributed by atoms with Crippen LogP contribution in [0.5, 0.6) is 0 Å². The number of hydrogen-bond donors (Lipinski definition) is 0. The highest BCUT2D eigenvalue weighted by molar-refractivity contribution is 7.25. The highest BCUT2D eigenvalue weighted by Crippen LogP contribution is 2.40. The quantitative estimate of drug-likeness (QED) is 0.175. The molecule has 0 unspecified atom stereocenters. The van der Waals surface area contributed by atoms with Crippen LogP contribution in [0, 0.1) is 0 Å². The van der Waals surface area contributed by atoms with E-state index in [1.807, 2.05) is 11.3 Å². The van der Waals surface area contributed by atoms with E-state index in [9.17, 15) is 0 Å². The minimum atomic E-state index is 0.609. The van der Waals surface area contributed by atoms with Crippen LogP contribution in [0.2, 0.25) is 0 Å². The summed E-state index contributed by atoms with van der Waals surface area (Å²) in [6.45, 7) is 0. The van der Waals surface area contributed by atoms with Crippen molar-refractivity contribution >= 4 is 81.2 Å². The summed E-state index contributed by atoms with van der Waals surface area (Å²) >= 11 is 1.85. The third-order valence-corrected chi connectivity index (χ3v) is 10.6. The van der Waals surface area contributed by atoms with Gasteiger partial charge in [0, 0.05) is 48.2 Å². The Hall–Kier alpha value is -6.23. The van der Waals surface area contributed by atoms with E-state index in [0.717, 1.165) is 44.5 Å². The molecule has 2 aromatic heterocycles. The van der Waals surface area contributed by atoms with E-state index in [-0.39, 0.29) is 0 Å². The number of nitrogens with zero attached hydrogens (tertiary/aromatic N) is 2. The Balaban J connectivity index is 1.05. The maximum atomic E-state index is 6.61. The van der Waals surface area contributed by atoms with E-state index in [1.54, 1.807) is 0 Å². The lowest BCUT2D eigenvalue weighted by Gasteiger charge is -2.26. The molecule has 0 N–H and O–H groups in total. The van der Waals surface area contributed by atoms with E-state index in [4.69, 9.17) is 9.40 Å². The third-order valence-electron chi connectivity index (χ3n) is 9.47. The first-order chi connectivity index (χ1) is 24.3. The summed E-state index contributed by atoms with van der Waals surface area (Å²) in [6, 6.07) is 60.3. The van der Waals surface area contributed by atoms with Crippen molar-refractivity contribution in [1.82, 2.24) is 4.98 Å². The molecule has 0 radical (unpaired) electrons.